The average molecular weight is 538 g/mol. The van der Waals surface area contributed by atoms with Crippen LogP contribution in [0.25, 0.3) is 0 Å². The summed E-state index contributed by atoms with van der Waals surface area (Å²) in [6.45, 7) is 14.0. The SMILES string of the molecule is CCC(C)C(=O)Oc1ccc(C[C@H](N)C(=O)OC[C@H](C)OC(=O)OC(C)(C)CC)cc1OC(=O)C(C)CC. The second-order valence-electron chi connectivity index (χ2n) is 10.1. The van der Waals surface area contributed by atoms with E-state index < -0.39 is 41.8 Å². The summed E-state index contributed by atoms with van der Waals surface area (Å²) < 4.78 is 26.5. The number of hydrogen-bond acceptors (Lipinski definition) is 10. The highest BCUT2D eigenvalue weighted by atomic mass is 16.7. The monoisotopic (exact) mass is 537 g/mol. The van der Waals surface area contributed by atoms with Gasteiger partial charge in [0.15, 0.2) is 11.5 Å². The number of benzene rings is 1. The second-order valence-corrected chi connectivity index (χ2v) is 10.1. The zero-order valence-corrected chi connectivity index (χ0v) is 23.8. The molecule has 0 heterocycles. The molecular formula is C28H43NO9. The molecular weight excluding hydrogens is 494 g/mol. The van der Waals surface area contributed by atoms with E-state index in [1.807, 2.05) is 20.8 Å². The van der Waals surface area contributed by atoms with Gasteiger partial charge in [0.1, 0.15) is 24.4 Å². The third-order valence-corrected chi connectivity index (χ3v) is 6.19. The predicted octanol–water partition coefficient (Wildman–Crippen LogP) is 4.73. The number of hydrogen-bond donors (Lipinski definition) is 1. The van der Waals surface area contributed by atoms with E-state index in [2.05, 4.69) is 0 Å². The minimum Gasteiger partial charge on any atom is -0.461 e. The van der Waals surface area contributed by atoms with Crippen molar-refractivity contribution in [1.29, 1.82) is 0 Å². The summed E-state index contributed by atoms with van der Waals surface area (Å²) in [4.78, 5) is 49.1. The molecule has 0 fully saturated rings. The number of ether oxygens (including phenoxy) is 5. The third-order valence-electron chi connectivity index (χ3n) is 6.19. The molecule has 0 bridgehead atoms. The minimum absolute atomic E-state index is 0.0638. The van der Waals surface area contributed by atoms with Crippen LogP contribution in [-0.2, 0) is 35.0 Å². The molecule has 1 aromatic rings. The number of carbonyl (C=O) groups is 4. The van der Waals surface area contributed by atoms with Crippen LogP contribution in [0.1, 0.15) is 80.2 Å². The Balaban J connectivity index is 2.85. The first-order valence-corrected chi connectivity index (χ1v) is 13.1. The molecule has 1 rings (SSSR count). The summed E-state index contributed by atoms with van der Waals surface area (Å²) in [5.74, 6) is -2.13. The van der Waals surface area contributed by atoms with Gasteiger partial charge in [0, 0.05) is 0 Å². The largest absolute Gasteiger partial charge is 0.509 e. The molecule has 1 aromatic carbocycles. The number of carbonyl (C=O) groups excluding carboxylic acids is 4. The van der Waals surface area contributed by atoms with Crippen molar-refractivity contribution in [1.82, 2.24) is 0 Å². The Morgan fingerprint density at radius 2 is 1.42 bits per heavy atom. The van der Waals surface area contributed by atoms with Crippen molar-refractivity contribution < 1.29 is 42.9 Å². The molecule has 0 saturated heterocycles. The standard InChI is InChI=1S/C28H43NO9/c1-9-17(4)24(30)36-22-13-12-20(15-23(22)37-25(31)18(5)10-2)14-21(29)26(32)34-16-19(6)35-27(33)38-28(7,8)11-3/h12-13,15,17-19,21H,9-11,14,16,29H2,1-8H3/t17?,18?,19-,21-/m0/s1. The molecule has 0 aromatic heterocycles. The average Bonchev–Trinajstić information content (AvgIpc) is 2.86. The van der Waals surface area contributed by atoms with E-state index in [4.69, 9.17) is 29.4 Å². The van der Waals surface area contributed by atoms with Gasteiger partial charge in [0.25, 0.3) is 0 Å². The van der Waals surface area contributed by atoms with Gasteiger partial charge in [0.05, 0.1) is 11.8 Å². The van der Waals surface area contributed by atoms with Crippen LogP contribution in [0.4, 0.5) is 4.79 Å². The van der Waals surface area contributed by atoms with Crippen molar-refractivity contribution in [3.8, 4) is 11.5 Å². The summed E-state index contributed by atoms with van der Waals surface area (Å²) in [7, 11) is 0. The third kappa shape index (κ3) is 11.1. The minimum atomic E-state index is -1.04. The van der Waals surface area contributed by atoms with Gasteiger partial charge < -0.3 is 29.4 Å². The highest BCUT2D eigenvalue weighted by Crippen LogP contribution is 2.31. The Morgan fingerprint density at radius 1 is 0.868 bits per heavy atom. The predicted molar refractivity (Wildman–Crippen MR) is 141 cm³/mol. The molecule has 214 valence electrons. The summed E-state index contributed by atoms with van der Waals surface area (Å²) in [6.07, 6.45) is 0.259. The first-order valence-electron chi connectivity index (χ1n) is 13.1. The highest BCUT2D eigenvalue weighted by Gasteiger charge is 2.25. The van der Waals surface area contributed by atoms with Gasteiger partial charge in [-0.05, 0) is 64.2 Å². The lowest BCUT2D eigenvalue weighted by Gasteiger charge is -2.24. The molecule has 0 spiro atoms. The maximum atomic E-state index is 12.5. The zero-order valence-electron chi connectivity index (χ0n) is 23.8. The summed E-state index contributed by atoms with van der Waals surface area (Å²) >= 11 is 0. The molecule has 0 aliphatic carbocycles. The Labute approximate surface area is 225 Å². The lowest BCUT2D eigenvalue weighted by Crippen LogP contribution is -2.36. The van der Waals surface area contributed by atoms with Crippen molar-refractivity contribution in [2.45, 2.75) is 98.8 Å². The smallest absolute Gasteiger partial charge is 0.461 e. The lowest BCUT2D eigenvalue weighted by molar-refractivity contribution is -0.148. The summed E-state index contributed by atoms with van der Waals surface area (Å²) in [5.41, 5.74) is 5.94. The molecule has 10 heteroatoms. The van der Waals surface area contributed by atoms with E-state index in [0.29, 0.717) is 24.8 Å². The fourth-order valence-electron chi connectivity index (χ4n) is 2.76. The lowest BCUT2D eigenvalue weighted by atomic mass is 10.1. The molecule has 2 N–H and O–H groups in total. The molecule has 10 nitrogen and oxygen atoms in total. The van der Waals surface area contributed by atoms with Gasteiger partial charge in [-0.3, -0.25) is 14.4 Å². The van der Waals surface area contributed by atoms with Crippen LogP contribution in [0.5, 0.6) is 11.5 Å². The molecule has 2 unspecified atom stereocenters. The van der Waals surface area contributed by atoms with Crippen LogP contribution in [0, 0.1) is 11.8 Å². The van der Waals surface area contributed by atoms with Crippen molar-refractivity contribution in [2.75, 3.05) is 6.61 Å². The van der Waals surface area contributed by atoms with E-state index >= 15 is 0 Å². The fourth-order valence-corrected chi connectivity index (χ4v) is 2.76. The van der Waals surface area contributed by atoms with Gasteiger partial charge >= 0.3 is 24.1 Å². The van der Waals surface area contributed by atoms with Crippen LogP contribution in [0.15, 0.2) is 18.2 Å². The first-order chi connectivity index (χ1) is 17.7. The van der Waals surface area contributed by atoms with Gasteiger partial charge in [-0.1, -0.05) is 40.7 Å². The Hall–Kier alpha value is -3.14. The maximum absolute atomic E-state index is 12.5. The Morgan fingerprint density at radius 3 is 1.95 bits per heavy atom. The van der Waals surface area contributed by atoms with E-state index in [0.717, 1.165) is 0 Å². The number of esters is 3. The summed E-state index contributed by atoms with van der Waals surface area (Å²) in [6, 6.07) is 3.61. The second kappa shape index (κ2) is 15.3. The van der Waals surface area contributed by atoms with E-state index in [-0.39, 0.29) is 36.4 Å². The van der Waals surface area contributed by atoms with E-state index in [9.17, 15) is 19.2 Å². The topological polar surface area (TPSA) is 140 Å². The highest BCUT2D eigenvalue weighted by molar-refractivity contribution is 5.79. The Bertz CT molecular complexity index is 960. The molecule has 0 radical (unpaired) electrons. The van der Waals surface area contributed by atoms with Crippen molar-refractivity contribution in [3.63, 3.8) is 0 Å². The molecule has 4 atom stereocenters. The zero-order chi connectivity index (χ0) is 29.0. The molecule has 0 aliphatic heterocycles. The van der Waals surface area contributed by atoms with Gasteiger partial charge in [-0.2, -0.15) is 0 Å². The van der Waals surface area contributed by atoms with E-state index in [1.165, 1.54) is 12.1 Å². The van der Waals surface area contributed by atoms with Crippen molar-refractivity contribution in [2.24, 2.45) is 17.6 Å². The quantitative estimate of drug-likeness (QED) is 0.261. The molecule has 0 saturated carbocycles. The fraction of sp³-hybridized carbons (Fsp3) is 0.643. The Kier molecular flexibility index (Phi) is 13.3. The number of nitrogens with two attached hydrogens (primary N) is 1. The normalized spacial score (nSPS) is 14.4. The summed E-state index contributed by atoms with van der Waals surface area (Å²) in [5, 5.41) is 0. The molecule has 0 aliphatic rings. The van der Waals surface area contributed by atoms with Crippen molar-refractivity contribution >= 4 is 24.1 Å². The molecule has 0 amide bonds. The molecule has 38 heavy (non-hydrogen) atoms. The van der Waals surface area contributed by atoms with Crippen LogP contribution in [-0.4, -0.2) is 48.4 Å². The van der Waals surface area contributed by atoms with Crippen LogP contribution in [0.2, 0.25) is 0 Å². The van der Waals surface area contributed by atoms with Crippen LogP contribution in [0.3, 0.4) is 0 Å². The first kappa shape index (κ1) is 32.9. The van der Waals surface area contributed by atoms with Gasteiger partial charge in [-0.15, -0.1) is 0 Å². The van der Waals surface area contributed by atoms with Crippen LogP contribution < -0.4 is 15.2 Å². The van der Waals surface area contributed by atoms with Gasteiger partial charge in [-0.25, -0.2) is 4.79 Å². The van der Waals surface area contributed by atoms with Crippen molar-refractivity contribution in [3.05, 3.63) is 23.8 Å². The van der Waals surface area contributed by atoms with Crippen LogP contribution >= 0.6 is 0 Å². The maximum Gasteiger partial charge on any atom is 0.509 e. The van der Waals surface area contributed by atoms with E-state index in [1.54, 1.807) is 40.7 Å². The number of rotatable bonds is 14. The van der Waals surface area contributed by atoms with Gasteiger partial charge in [0.2, 0.25) is 0 Å².